The third-order valence-corrected chi connectivity index (χ3v) is 13.0. The molecule has 19 heteroatoms. The molecule has 0 bridgehead atoms. The number of para-hydroxylation sites is 1. The Kier molecular flexibility index (Phi) is 15.4. The van der Waals surface area contributed by atoms with E-state index in [4.69, 9.17) is 21.1 Å². The number of hydrogen-bond donors (Lipinski definition) is 2. The first-order valence-corrected chi connectivity index (χ1v) is 23.3. The fourth-order valence-corrected chi connectivity index (χ4v) is 9.06. The van der Waals surface area contributed by atoms with E-state index in [0.29, 0.717) is 30.2 Å². The lowest BCUT2D eigenvalue weighted by molar-refractivity contribution is -0.384. The van der Waals surface area contributed by atoms with E-state index in [0.717, 1.165) is 79.5 Å². The van der Waals surface area contributed by atoms with E-state index in [2.05, 4.69) is 32.1 Å². The van der Waals surface area contributed by atoms with E-state index in [9.17, 15) is 36.5 Å². The molecule has 0 spiro atoms. The number of likely N-dealkylation sites (N-methyl/N-ethyl adjacent to an activating group) is 1. The first-order chi connectivity index (χ1) is 31.5. The van der Waals surface area contributed by atoms with Crippen molar-refractivity contribution in [1.82, 2.24) is 19.4 Å². The normalized spacial score (nSPS) is 15.4. The number of rotatable bonds is 17. The van der Waals surface area contributed by atoms with Gasteiger partial charge in [0.05, 0.1) is 21.9 Å². The van der Waals surface area contributed by atoms with Gasteiger partial charge in [0.1, 0.15) is 29.5 Å². The maximum Gasteiger partial charge on any atom is 0.401 e. The van der Waals surface area contributed by atoms with Gasteiger partial charge in [-0.05, 0) is 116 Å². The van der Waals surface area contributed by atoms with E-state index in [1.807, 2.05) is 61.3 Å². The zero-order valence-corrected chi connectivity index (χ0v) is 38.0. The summed E-state index contributed by atoms with van der Waals surface area (Å²) in [5.41, 5.74) is 3.71. The third kappa shape index (κ3) is 12.9. The molecule has 2 N–H and O–H groups in total. The van der Waals surface area contributed by atoms with E-state index in [-0.39, 0.29) is 36.1 Å². The Balaban J connectivity index is 0.954. The molecule has 0 unspecified atom stereocenters. The van der Waals surface area contributed by atoms with Gasteiger partial charge in [-0.1, -0.05) is 41.9 Å². The minimum Gasteiger partial charge on any atom is -0.492 e. The number of piperazine rings is 1. The van der Waals surface area contributed by atoms with Crippen LogP contribution in [0.15, 0.2) is 114 Å². The molecule has 0 aromatic heterocycles. The second-order valence-corrected chi connectivity index (χ2v) is 18.6. The van der Waals surface area contributed by atoms with Gasteiger partial charge in [0.15, 0.2) is 0 Å². The molecule has 0 saturated carbocycles. The summed E-state index contributed by atoms with van der Waals surface area (Å²) in [6, 6.07) is 30.4. The number of piperidine rings is 1. The summed E-state index contributed by atoms with van der Waals surface area (Å²) in [6.45, 7) is 4.56. The monoisotopic (exact) mass is 949 g/mol. The summed E-state index contributed by atoms with van der Waals surface area (Å²) in [7, 11) is -0.588. The summed E-state index contributed by atoms with van der Waals surface area (Å²) >= 11 is 6.20. The zero-order valence-electron chi connectivity index (χ0n) is 36.5. The highest BCUT2D eigenvalue weighted by molar-refractivity contribution is 7.90. The van der Waals surface area contributed by atoms with Crippen molar-refractivity contribution in [3.05, 3.63) is 135 Å². The van der Waals surface area contributed by atoms with Crippen molar-refractivity contribution in [2.75, 3.05) is 83.3 Å². The Morgan fingerprint density at radius 3 is 2.21 bits per heavy atom. The molecule has 2 fully saturated rings. The van der Waals surface area contributed by atoms with Crippen molar-refractivity contribution < 1.29 is 40.8 Å². The summed E-state index contributed by atoms with van der Waals surface area (Å²) in [5, 5.41) is 15.7. The number of alkyl halides is 3. The first-order valence-electron chi connectivity index (χ1n) is 21.4. The summed E-state index contributed by atoms with van der Waals surface area (Å²) in [5.74, 6) is 0.308. The molecule has 0 atom stereocenters. The van der Waals surface area contributed by atoms with Crippen LogP contribution in [0.1, 0.15) is 28.8 Å². The van der Waals surface area contributed by atoms with E-state index >= 15 is 0 Å². The zero-order chi connectivity index (χ0) is 47.0. The number of nitrogens with zero attached hydrogens (tertiary/aromatic N) is 5. The minimum atomic E-state index is -4.61. The molecule has 2 aliphatic rings. The standard InChI is InChI=1S/C47H51ClF3N7O7S/c1-54(2)27-28-64-39-15-17-41(33-7-9-35(48)10-8-33)34(29-39)31-55-23-25-57(26-24-55)37-11-13-38(14-12-37)65-45-6-4-3-5-42(45)46(59)53-66(62,63)40-16-18-43(44(30-40)58(60)61)52-36-19-21-56(22-20-36)32-47(49,50)51/h3-18,29-30,36,52H,19-28,31-32H2,1-2H3,(H,53,59). The Labute approximate surface area is 387 Å². The number of amides is 1. The molecule has 0 radical (unpaired) electrons. The van der Waals surface area contributed by atoms with Gasteiger partial charge in [-0.3, -0.25) is 24.7 Å². The van der Waals surface area contributed by atoms with Crippen LogP contribution in [0.25, 0.3) is 11.1 Å². The van der Waals surface area contributed by atoms with Crippen LogP contribution < -0.4 is 24.4 Å². The number of carbonyl (C=O) groups is 1. The van der Waals surface area contributed by atoms with Crippen LogP contribution >= 0.6 is 11.6 Å². The van der Waals surface area contributed by atoms with Gasteiger partial charge in [-0.25, -0.2) is 13.1 Å². The molecule has 350 valence electrons. The van der Waals surface area contributed by atoms with Crippen molar-refractivity contribution in [2.45, 2.75) is 36.5 Å². The molecule has 0 aliphatic carbocycles. The van der Waals surface area contributed by atoms with Crippen LogP contribution in [0.5, 0.6) is 17.2 Å². The number of nitro benzene ring substituents is 1. The number of sulfonamides is 1. The largest absolute Gasteiger partial charge is 0.492 e. The lowest BCUT2D eigenvalue weighted by atomic mass is 9.98. The molecule has 2 saturated heterocycles. The predicted octanol–water partition coefficient (Wildman–Crippen LogP) is 8.53. The summed E-state index contributed by atoms with van der Waals surface area (Å²) in [6.07, 6.45) is -3.74. The number of benzene rings is 5. The lowest BCUT2D eigenvalue weighted by Crippen LogP contribution is -2.46. The van der Waals surface area contributed by atoms with Gasteiger partial charge < -0.3 is 24.6 Å². The highest BCUT2D eigenvalue weighted by Gasteiger charge is 2.33. The van der Waals surface area contributed by atoms with E-state index in [1.165, 1.54) is 23.1 Å². The number of nitrogens with one attached hydrogen (secondary N) is 2. The quantitative estimate of drug-likeness (QED) is 0.0680. The number of nitro groups is 1. The van der Waals surface area contributed by atoms with Crippen molar-refractivity contribution in [1.29, 1.82) is 0 Å². The Morgan fingerprint density at radius 2 is 1.55 bits per heavy atom. The van der Waals surface area contributed by atoms with Crippen LogP contribution in [0, 0.1) is 10.1 Å². The second kappa shape index (κ2) is 21.1. The average Bonchev–Trinajstić information content (AvgIpc) is 3.27. The third-order valence-electron chi connectivity index (χ3n) is 11.4. The van der Waals surface area contributed by atoms with Crippen molar-refractivity contribution in [3.63, 3.8) is 0 Å². The Hall–Kier alpha value is -5.92. The maximum absolute atomic E-state index is 13.5. The van der Waals surface area contributed by atoms with Crippen LogP contribution in [0.2, 0.25) is 5.02 Å². The highest BCUT2D eigenvalue weighted by Crippen LogP contribution is 2.33. The fraction of sp³-hybridized carbons (Fsp3) is 0.340. The highest BCUT2D eigenvalue weighted by atomic mass is 35.5. The molecule has 1 amide bonds. The van der Waals surface area contributed by atoms with Crippen molar-refractivity contribution in [2.24, 2.45) is 0 Å². The molecule has 7 rings (SSSR count). The van der Waals surface area contributed by atoms with Gasteiger partial charge in [-0.2, -0.15) is 13.2 Å². The Morgan fingerprint density at radius 1 is 0.864 bits per heavy atom. The van der Waals surface area contributed by atoms with Gasteiger partial charge in [0.2, 0.25) is 0 Å². The first kappa shape index (κ1) is 48.0. The van der Waals surface area contributed by atoms with Crippen LogP contribution in [0.3, 0.4) is 0 Å². The summed E-state index contributed by atoms with van der Waals surface area (Å²) in [4.78, 5) is 32.3. The van der Waals surface area contributed by atoms with Gasteiger partial charge in [-0.15, -0.1) is 0 Å². The maximum atomic E-state index is 13.5. The number of halogens is 4. The van der Waals surface area contributed by atoms with Gasteiger partial charge >= 0.3 is 6.18 Å². The van der Waals surface area contributed by atoms with E-state index in [1.54, 1.807) is 24.3 Å². The van der Waals surface area contributed by atoms with Crippen molar-refractivity contribution in [3.8, 4) is 28.4 Å². The number of anilines is 2. The molecule has 5 aromatic rings. The number of ether oxygens (including phenoxy) is 2. The van der Waals surface area contributed by atoms with Gasteiger partial charge in [0, 0.05) is 75.2 Å². The van der Waals surface area contributed by atoms with Gasteiger partial charge in [0.25, 0.3) is 21.6 Å². The topological polar surface area (TPSA) is 150 Å². The molecule has 2 heterocycles. The fourth-order valence-electron chi connectivity index (χ4n) is 7.94. The molecule has 5 aromatic carbocycles. The van der Waals surface area contributed by atoms with Crippen LogP contribution in [0.4, 0.5) is 30.2 Å². The lowest BCUT2D eigenvalue weighted by Gasteiger charge is -2.36. The van der Waals surface area contributed by atoms with E-state index < -0.39 is 44.2 Å². The SMILES string of the molecule is CN(C)CCOc1ccc(-c2ccc(Cl)cc2)c(CN2CCN(c3ccc(Oc4ccccc4C(=O)NS(=O)(=O)c4ccc(NC5CCN(CC(F)(F)F)CC5)c([N+](=O)[O-])c4)cc3)CC2)c1. The summed E-state index contributed by atoms with van der Waals surface area (Å²) < 4.78 is 79.5. The average molecular weight is 950 g/mol. The smallest absolute Gasteiger partial charge is 0.401 e. The van der Waals surface area contributed by atoms with Crippen LogP contribution in [-0.2, 0) is 16.6 Å². The number of carbonyl (C=O) groups excluding carboxylic acids is 1. The van der Waals surface area contributed by atoms with Crippen molar-refractivity contribution >= 4 is 44.6 Å². The second-order valence-electron chi connectivity index (χ2n) is 16.5. The molecule has 14 nitrogen and oxygen atoms in total. The van der Waals surface area contributed by atoms with Crippen LogP contribution in [-0.4, -0.2) is 119 Å². The number of likely N-dealkylation sites (tertiary alicyclic amines) is 1. The number of hydrogen-bond acceptors (Lipinski definition) is 12. The molecular formula is C47H51ClF3N7O7S. The molecular weight excluding hydrogens is 899 g/mol. The predicted molar refractivity (Wildman–Crippen MR) is 248 cm³/mol. The molecule has 2 aliphatic heterocycles. The minimum absolute atomic E-state index is 0.00927. The Bertz CT molecular complexity index is 2590. The molecule has 66 heavy (non-hydrogen) atoms.